The molecule has 0 aromatic heterocycles. The quantitative estimate of drug-likeness (QED) is 0.786. The van der Waals surface area contributed by atoms with Crippen molar-refractivity contribution in [2.45, 2.75) is 31.7 Å². The molecule has 0 aliphatic carbocycles. The van der Waals surface area contributed by atoms with Gasteiger partial charge in [0.05, 0.1) is 11.1 Å². The van der Waals surface area contributed by atoms with Gasteiger partial charge in [0.25, 0.3) is 11.8 Å². The molecule has 2 aliphatic heterocycles. The molecule has 2 aromatic rings. The van der Waals surface area contributed by atoms with Crippen LogP contribution in [0.3, 0.4) is 0 Å². The Hall–Kier alpha value is -2.95. The molecule has 5 heteroatoms. The fourth-order valence-corrected chi connectivity index (χ4v) is 3.97. The molecule has 2 aromatic carbocycles. The van der Waals surface area contributed by atoms with Crippen LogP contribution in [0.25, 0.3) is 0 Å². The summed E-state index contributed by atoms with van der Waals surface area (Å²) in [5.74, 6) is -0.270. The zero-order valence-corrected chi connectivity index (χ0v) is 15.1. The second kappa shape index (κ2) is 7.35. The number of benzene rings is 2. The predicted octanol–water partition coefficient (Wildman–Crippen LogP) is 2.91. The normalized spacial score (nSPS) is 17.3. The highest BCUT2D eigenvalue weighted by atomic mass is 16.2. The SMILES string of the molecule is O=C(CCc1ccccc1)N1CCC(N2C(=O)c3ccccc3C2=O)CC1. The van der Waals surface area contributed by atoms with Gasteiger partial charge in [-0.25, -0.2) is 0 Å². The van der Waals surface area contributed by atoms with E-state index in [9.17, 15) is 14.4 Å². The van der Waals surface area contributed by atoms with Gasteiger partial charge in [0, 0.05) is 25.6 Å². The predicted molar refractivity (Wildman–Crippen MR) is 101 cm³/mol. The number of piperidine rings is 1. The van der Waals surface area contributed by atoms with E-state index in [0.717, 1.165) is 12.0 Å². The largest absolute Gasteiger partial charge is 0.343 e. The summed E-state index contributed by atoms with van der Waals surface area (Å²) in [6.07, 6.45) is 2.50. The number of hydrogen-bond donors (Lipinski definition) is 0. The van der Waals surface area contributed by atoms with Gasteiger partial charge in [-0.2, -0.15) is 0 Å². The fourth-order valence-electron chi connectivity index (χ4n) is 3.97. The third kappa shape index (κ3) is 3.37. The number of carbonyl (C=O) groups excluding carboxylic acids is 3. The van der Waals surface area contributed by atoms with Crippen molar-refractivity contribution in [1.29, 1.82) is 0 Å². The first-order valence-electron chi connectivity index (χ1n) is 9.44. The second-order valence-corrected chi connectivity index (χ2v) is 7.12. The number of fused-ring (bicyclic) bond motifs is 1. The first-order chi connectivity index (χ1) is 13.1. The van der Waals surface area contributed by atoms with Gasteiger partial charge in [-0.15, -0.1) is 0 Å². The van der Waals surface area contributed by atoms with Gasteiger partial charge >= 0.3 is 0 Å². The lowest BCUT2D eigenvalue weighted by Gasteiger charge is -2.35. The molecular weight excluding hydrogens is 340 g/mol. The van der Waals surface area contributed by atoms with Crippen LogP contribution >= 0.6 is 0 Å². The van der Waals surface area contributed by atoms with Crippen LogP contribution in [0.5, 0.6) is 0 Å². The molecule has 0 saturated carbocycles. The molecule has 138 valence electrons. The average molecular weight is 362 g/mol. The van der Waals surface area contributed by atoms with Crippen molar-refractivity contribution in [2.24, 2.45) is 0 Å². The van der Waals surface area contributed by atoms with E-state index in [2.05, 4.69) is 0 Å². The number of carbonyl (C=O) groups is 3. The molecule has 1 saturated heterocycles. The highest BCUT2D eigenvalue weighted by molar-refractivity contribution is 6.21. The maximum atomic E-state index is 12.6. The number of amides is 3. The van der Waals surface area contributed by atoms with E-state index in [1.165, 1.54) is 4.90 Å². The molecule has 0 radical (unpaired) electrons. The third-order valence-corrected chi connectivity index (χ3v) is 5.48. The van der Waals surface area contributed by atoms with Crippen molar-refractivity contribution in [3.8, 4) is 0 Å². The number of likely N-dealkylation sites (tertiary alicyclic amines) is 1. The summed E-state index contributed by atoms with van der Waals surface area (Å²) < 4.78 is 0. The van der Waals surface area contributed by atoms with E-state index >= 15 is 0 Å². The van der Waals surface area contributed by atoms with E-state index in [1.54, 1.807) is 24.3 Å². The van der Waals surface area contributed by atoms with Gasteiger partial charge in [-0.05, 0) is 37.0 Å². The standard InChI is InChI=1S/C22H22N2O3/c25-20(11-10-16-6-2-1-3-7-16)23-14-12-17(13-15-23)24-21(26)18-8-4-5-9-19(18)22(24)27/h1-9,17H,10-15H2. The van der Waals surface area contributed by atoms with Crippen LogP contribution in [0.4, 0.5) is 0 Å². The molecule has 5 nitrogen and oxygen atoms in total. The van der Waals surface area contributed by atoms with Crippen molar-refractivity contribution < 1.29 is 14.4 Å². The Morgan fingerprint density at radius 2 is 1.41 bits per heavy atom. The molecule has 2 aliphatic rings. The lowest BCUT2D eigenvalue weighted by Crippen LogP contribution is -2.48. The molecule has 1 fully saturated rings. The first-order valence-corrected chi connectivity index (χ1v) is 9.44. The van der Waals surface area contributed by atoms with Gasteiger partial charge in [-0.1, -0.05) is 42.5 Å². The molecule has 4 rings (SSSR count). The minimum Gasteiger partial charge on any atom is -0.343 e. The fraction of sp³-hybridized carbons (Fsp3) is 0.318. The Balaban J connectivity index is 1.33. The molecule has 3 amide bonds. The molecule has 0 unspecified atom stereocenters. The smallest absolute Gasteiger partial charge is 0.261 e. The number of rotatable bonds is 4. The lowest BCUT2D eigenvalue weighted by atomic mass is 10.0. The van der Waals surface area contributed by atoms with Crippen LogP contribution in [-0.2, 0) is 11.2 Å². The Labute approximate surface area is 158 Å². The molecule has 27 heavy (non-hydrogen) atoms. The Morgan fingerprint density at radius 1 is 0.852 bits per heavy atom. The van der Waals surface area contributed by atoms with E-state index in [1.807, 2.05) is 35.2 Å². The van der Waals surface area contributed by atoms with Crippen molar-refractivity contribution in [3.63, 3.8) is 0 Å². The topological polar surface area (TPSA) is 57.7 Å². The lowest BCUT2D eigenvalue weighted by molar-refractivity contribution is -0.132. The van der Waals surface area contributed by atoms with Gasteiger partial charge in [0.15, 0.2) is 0 Å². The van der Waals surface area contributed by atoms with Crippen molar-refractivity contribution >= 4 is 17.7 Å². The summed E-state index contributed by atoms with van der Waals surface area (Å²) in [5.41, 5.74) is 2.14. The van der Waals surface area contributed by atoms with Crippen LogP contribution in [0.2, 0.25) is 0 Å². The highest BCUT2D eigenvalue weighted by Gasteiger charge is 2.40. The monoisotopic (exact) mass is 362 g/mol. The van der Waals surface area contributed by atoms with E-state index in [-0.39, 0.29) is 23.8 Å². The third-order valence-electron chi connectivity index (χ3n) is 5.48. The number of hydrogen-bond acceptors (Lipinski definition) is 3. The van der Waals surface area contributed by atoms with Crippen LogP contribution in [0, 0.1) is 0 Å². The zero-order chi connectivity index (χ0) is 18.8. The summed E-state index contributed by atoms with van der Waals surface area (Å²) in [6, 6.07) is 16.8. The van der Waals surface area contributed by atoms with Crippen LogP contribution in [-0.4, -0.2) is 46.7 Å². The van der Waals surface area contributed by atoms with Gasteiger partial charge in [-0.3, -0.25) is 19.3 Å². The van der Waals surface area contributed by atoms with Crippen molar-refractivity contribution in [3.05, 3.63) is 71.3 Å². The summed E-state index contributed by atoms with van der Waals surface area (Å²) >= 11 is 0. The summed E-state index contributed by atoms with van der Waals surface area (Å²) in [4.78, 5) is 41.0. The second-order valence-electron chi connectivity index (χ2n) is 7.12. The highest BCUT2D eigenvalue weighted by Crippen LogP contribution is 2.28. The maximum absolute atomic E-state index is 12.6. The average Bonchev–Trinajstić information content (AvgIpc) is 2.98. The number of imide groups is 1. The Morgan fingerprint density at radius 3 is 2.00 bits per heavy atom. The summed E-state index contributed by atoms with van der Waals surface area (Å²) in [7, 11) is 0. The van der Waals surface area contributed by atoms with Crippen LogP contribution < -0.4 is 0 Å². The molecule has 0 N–H and O–H groups in total. The van der Waals surface area contributed by atoms with E-state index < -0.39 is 0 Å². The van der Waals surface area contributed by atoms with Crippen molar-refractivity contribution in [1.82, 2.24) is 9.80 Å². The molecule has 0 atom stereocenters. The summed E-state index contributed by atoms with van der Waals surface area (Å²) in [5, 5.41) is 0. The zero-order valence-electron chi connectivity index (χ0n) is 15.1. The number of aryl methyl sites for hydroxylation is 1. The van der Waals surface area contributed by atoms with Crippen molar-refractivity contribution in [2.75, 3.05) is 13.1 Å². The maximum Gasteiger partial charge on any atom is 0.261 e. The Bertz CT molecular complexity index is 835. The molecule has 0 bridgehead atoms. The van der Waals surface area contributed by atoms with Gasteiger partial charge in [0.1, 0.15) is 0 Å². The van der Waals surface area contributed by atoms with Crippen LogP contribution in [0.1, 0.15) is 45.5 Å². The summed E-state index contributed by atoms with van der Waals surface area (Å²) in [6.45, 7) is 1.18. The van der Waals surface area contributed by atoms with Gasteiger partial charge < -0.3 is 4.90 Å². The number of nitrogens with zero attached hydrogens (tertiary/aromatic N) is 2. The van der Waals surface area contributed by atoms with Crippen LogP contribution in [0.15, 0.2) is 54.6 Å². The minimum atomic E-state index is -0.204. The van der Waals surface area contributed by atoms with E-state index in [4.69, 9.17) is 0 Å². The minimum absolute atomic E-state index is 0.129. The molecule has 0 spiro atoms. The Kier molecular flexibility index (Phi) is 4.75. The first kappa shape index (κ1) is 17.5. The van der Waals surface area contributed by atoms with E-state index in [0.29, 0.717) is 43.5 Å². The van der Waals surface area contributed by atoms with Gasteiger partial charge in [0.2, 0.25) is 5.91 Å². The molecular formula is C22H22N2O3. The molecule has 2 heterocycles.